The standard InChI is InChI=1S/C14H25NO2/c1-14(2,15-9-5-3-6-10-15)13(16)12-8-4-7-11-17-12/h8,13,16H,3-7,9-11H2,1-2H3. The van der Waals surface area contributed by atoms with Gasteiger partial charge in [-0.05, 0) is 58.7 Å². The SMILES string of the molecule is CC(C)(C(O)C1=CCCCO1)N1CCCCC1. The molecule has 0 aromatic carbocycles. The van der Waals surface area contributed by atoms with Crippen molar-refractivity contribution in [3.05, 3.63) is 11.8 Å². The number of hydrogen-bond acceptors (Lipinski definition) is 3. The largest absolute Gasteiger partial charge is 0.495 e. The molecule has 0 radical (unpaired) electrons. The second-order valence-corrected chi connectivity index (χ2v) is 5.70. The number of rotatable bonds is 3. The van der Waals surface area contributed by atoms with Crippen LogP contribution in [0.1, 0.15) is 46.0 Å². The molecule has 0 amide bonds. The van der Waals surface area contributed by atoms with E-state index >= 15 is 0 Å². The van der Waals surface area contributed by atoms with Crippen molar-refractivity contribution in [3.8, 4) is 0 Å². The molecule has 1 saturated heterocycles. The molecule has 2 aliphatic heterocycles. The number of likely N-dealkylation sites (tertiary alicyclic amines) is 1. The van der Waals surface area contributed by atoms with Crippen molar-refractivity contribution in [2.75, 3.05) is 19.7 Å². The Kier molecular flexibility index (Phi) is 4.10. The van der Waals surface area contributed by atoms with Crippen molar-refractivity contribution in [1.82, 2.24) is 4.90 Å². The van der Waals surface area contributed by atoms with E-state index in [4.69, 9.17) is 4.74 Å². The van der Waals surface area contributed by atoms with Crippen molar-refractivity contribution >= 4 is 0 Å². The highest BCUT2D eigenvalue weighted by Crippen LogP contribution is 2.29. The number of aliphatic hydroxyl groups is 1. The van der Waals surface area contributed by atoms with Gasteiger partial charge in [0.25, 0.3) is 0 Å². The molecule has 1 N–H and O–H groups in total. The molecule has 3 heteroatoms. The normalized spacial score (nSPS) is 25.0. The lowest BCUT2D eigenvalue weighted by atomic mass is 9.90. The first kappa shape index (κ1) is 12.9. The molecule has 0 saturated carbocycles. The second-order valence-electron chi connectivity index (χ2n) is 5.70. The monoisotopic (exact) mass is 239 g/mol. The highest BCUT2D eigenvalue weighted by molar-refractivity contribution is 5.10. The summed E-state index contributed by atoms with van der Waals surface area (Å²) in [5.41, 5.74) is -0.219. The van der Waals surface area contributed by atoms with Crippen LogP contribution in [-0.4, -0.2) is 41.3 Å². The van der Waals surface area contributed by atoms with Gasteiger partial charge in [0.1, 0.15) is 11.9 Å². The molecule has 2 rings (SSSR count). The van der Waals surface area contributed by atoms with E-state index in [2.05, 4.69) is 24.8 Å². The zero-order valence-corrected chi connectivity index (χ0v) is 11.1. The van der Waals surface area contributed by atoms with E-state index < -0.39 is 6.10 Å². The number of aliphatic hydroxyl groups excluding tert-OH is 1. The van der Waals surface area contributed by atoms with Gasteiger partial charge in [-0.15, -0.1) is 0 Å². The maximum absolute atomic E-state index is 10.5. The Hall–Kier alpha value is -0.540. The van der Waals surface area contributed by atoms with Gasteiger partial charge in [0, 0.05) is 5.54 Å². The lowest BCUT2D eigenvalue weighted by molar-refractivity contribution is -0.0317. The first-order valence-corrected chi connectivity index (χ1v) is 6.88. The third-order valence-corrected chi connectivity index (χ3v) is 4.07. The fourth-order valence-electron chi connectivity index (χ4n) is 2.76. The third kappa shape index (κ3) is 2.83. The van der Waals surface area contributed by atoms with Crippen molar-refractivity contribution < 1.29 is 9.84 Å². The molecule has 1 fully saturated rings. The van der Waals surface area contributed by atoms with Crippen LogP contribution in [0, 0.1) is 0 Å². The van der Waals surface area contributed by atoms with E-state index in [0.29, 0.717) is 0 Å². The summed E-state index contributed by atoms with van der Waals surface area (Å²) >= 11 is 0. The molecule has 0 bridgehead atoms. The number of allylic oxidation sites excluding steroid dienone is 1. The summed E-state index contributed by atoms with van der Waals surface area (Å²) in [4.78, 5) is 2.40. The molecule has 0 aromatic rings. The number of ether oxygens (including phenoxy) is 1. The Balaban J connectivity index is 2.04. The minimum atomic E-state index is -0.499. The van der Waals surface area contributed by atoms with Gasteiger partial charge in [0.05, 0.1) is 6.61 Å². The molecular weight excluding hydrogens is 214 g/mol. The topological polar surface area (TPSA) is 32.7 Å². The molecule has 17 heavy (non-hydrogen) atoms. The average molecular weight is 239 g/mol. The summed E-state index contributed by atoms with van der Waals surface area (Å²) in [5, 5.41) is 10.5. The van der Waals surface area contributed by atoms with Crippen LogP contribution >= 0.6 is 0 Å². The molecule has 0 spiro atoms. The quantitative estimate of drug-likeness (QED) is 0.820. The average Bonchev–Trinajstić information content (AvgIpc) is 2.40. The van der Waals surface area contributed by atoms with E-state index in [-0.39, 0.29) is 5.54 Å². The molecule has 1 unspecified atom stereocenters. The first-order chi connectivity index (χ1) is 8.12. The number of nitrogens with zero attached hydrogens (tertiary/aromatic N) is 1. The molecule has 2 heterocycles. The van der Waals surface area contributed by atoms with Crippen LogP contribution in [0.15, 0.2) is 11.8 Å². The summed E-state index contributed by atoms with van der Waals surface area (Å²) in [6.07, 6.45) is 7.47. The Bertz CT molecular complexity index is 280. The third-order valence-electron chi connectivity index (χ3n) is 4.07. The lowest BCUT2D eigenvalue weighted by Crippen LogP contribution is -2.55. The molecule has 2 aliphatic rings. The summed E-state index contributed by atoms with van der Waals surface area (Å²) in [6.45, 7) is 7.19. The van der Waals surface area contributed by atoms with E-state index in [1.165, 1.54) is 19.3 Å². The van der Waals surface area contributed by atoms with Crippen LogP contribution in [0.4, 0.5) is 0 Å². The molecular formula is C14H25NO2. The van der Waals surface area contributed by atoms with Crippen LogP contribution < -0.4 is 0 Å². The van der Waals surface area contributed by atoms with Crippen LogP contribution in [0.5, 0.6) is 0 Å². The highest BCUT2D eigenvalue weighted by atomic mass is 16.5. The fraction of sp³-hybridized carbons (Fsp3) is 0.857. The van der Waals surface area contributed by atoms with Gasteiger partial charge < -0.3 is 9.84 Å². The molecule has 3 nitrogen and oxygen atoms in total. The molecule has 98 valence electrons. The minimum Gasteiger partial charge on any atom is -0.495 e. The number of piperidine rings is 1. The van der Waals surface area contributed by atoms with Crippen molar-refractivity contribution in [3.63, 3.8) is 0 Å². The van der Waals surface area contributed by atoms with E-state index in [9.17, 15) is 5.11 Å². The van der Waals surface area contributed by atoms with E-state index in [0.717, 1.165) is 38.3 Å². The van der Waals surface area contributed by atoms with Crippen LogP contribution in [0.3, 0.4) is 0 Å². The molecule has 0 aliphatic carbocycles. The Morgan fingerprint density at radius 2 is 1.94 bits per heavy atom. The lowest BCUT2D eigenvalue weighted by Gasteiger charge is -2.44. The van der Waals surface area contributed by atoms with Crippen LogP contribution in [-0.2, 0) is 4.74 Å². The van der Waals surface area contributed by atoms with Gasteiger partial charge in [-0.25, -0.2) is 0 Å². The van der Waals surface area contributed by atoms with Gasteiger partial charge in [-0.2, -0.15) is 0 Å². The Morgan fingerprint density at radius 3 is 2.53 bits per heavy atom. The first-order valence-electron chi connectivity index (χ1n) is 6.88. The zero-order chi connectivity index (χ0) is 12.3. The predicted molar refractivity (Wildman–Crippen MR) is 68.8 cm³/mol. The fourth-order valence-corrected chi connectivity index (χ4v) is 2.76. The van der Waals surface area contributed by atoms with Gasteiger partial charge in [0.15, 0.2) is 0 Å². The highest BCUT2D eigenvalue weighted by Gasteiger charge is 2.38. The van der Waals surface area contributed by atoms with Gasteiger partial charge in [-0.3, -0.25) is 4.90 Å². The predicted octanol–water partition coefficient (Wildman–Crippen LogP) is 2.31. The van der Waals surface area contributed by atoms with Gasteiger partial charge in [-0.1, -0.05) is 6.42 Å². The Morgan fingerprint density at radius 1 is 1.24 bits per heavy atom. The van der Waals surface area contributed by atoms with Crippen LogP contribution in [0.25, 0.3) is 0 Å². The Labute approximate surface area is 104 Å². The summed E-state index contributed by atoms with van der Waals surface area (Å²) < 4.78 is 5.60. The van der Waals surface area contributed by atoms with Crippen LogP contribution in [0.2, 0.25) is 0 Å². The second kappa shape index (κ2) is 5.40. The zero-order valence-electron chi connectivity index (χ0n) is 11.1. The number of hydrogen-bond donors (Lipinski definition) is 1. The van der Waals surface area contributed by atoms with Crippen molar-refractivity contribution in [2.45, 2.75) is 57.6 Å². The van der Waals surface area contributed by atoms with Crippen molar-refractivity contribution in [1.29, 1.82) is 0 Å². The van der Waals surface area contributed by atoms with E-state index in [1.54, 1.807) is 0 Å². The van der Waals surface area contributed by atoms with Gasteiger partial charge >= 0.3 is 0 Å². The van der Waals surface area contributed by atoms with E-state index in [1.807, 2.05) is 0 Å². The summed E-state index contributed by atoms with van der Waals surface area (Å²) in [7, 11) is 0. The summed E-state index contributed by atoms with van der Waals surface area (Å²) in [5.74, 6) is 0.784. The van der Waals surface area contributed by atoms with Crippen molar-refractivity contribution in [2.24, 2.45) is 0 Å². The molecule has 1 atom stereocenters. The summed E-state index contributed by atoms with van der Waals surface area (Å²) in [6, 6.07) is 0. The smallest absolute Gasteiger partial charge is 0.128 e. The minimum absolute atomic E-state index is 0.219. The van der Waals surface area contributed by atoms with Gasteiger partial charge in [0.2, 0.25) is 0 Å². The molecule has 0 aromatic heterocycles. The maximum atomic E-state index is 10.5. The maximum Gasteiger partial charge on any atom is 0.128 e.